The van der Waals surface area contributed by atoms with E-state index in [1.807, 2.05) is 13.8 Å². The largest absolute Gasteiger partial charge is 0.495 e. The number of sulfonamides is 1. The fourth-order valence-electron chi connectivity index (χ4n) is 3.07. The predicted molar refractivity (Wildman–Crippen MR) is 106 cm³/mol. The topological polar surface area (TPSA) is 55.8 Å². The summed E-state index contributed by atoms with van der Waals surface area (Å²) in [6.45, 7) is 4.52. The zero-order valence-electron chi connectivity index (χ0n) is 15.3. The third-order valence-electron chi connectivity index (χ3n) is 4.68. The molecule has 0 aliphatic carbocycles. The molecule has 27 heavy (non-hydrogen) atoms. The zero-order chi connectivity index (χ0) is 19.8. The summed E-state index contributed by atoms with van der Waals surface area (Å²) in [6.07, 6.45) is -0.442. The van der Waals surface area contributed by atoms with E-state index in [0.29, 0.717) is 15.8 Å². The molecule has 1 aliphatic rings. The van der Waals surface area contributed by atoms with Crippen LogP contribution in [-0.4, -0.2) is 39.5 Å². The van der Waals surface area contributed by atoms with Crippen LogP contribution < -0.4 is 4.74 Å². The molecule has 8 heteroatoms. The number of nitrogens with zero attached hydrogens (tertiary/aromatic N) is 1. The summed E-state index contributed by atoms with van der Waals surface area (Å²) >= 11 is 12.1. The summed E-state index contributed by atoms with van der Waals surface area (Å²) in [5.41, 5.74) is 2.61. The second kappa shape index (κ2) is 7.97. The lowest BCUT2D eigenvalue weighted by Gasteiger charge is -2.33. The van der Waals surface area contributed by atoms with Gasteiger partial charge in [0.1, 0.15) is 10.6 Å². The first-order valence-electron chi connectivity index (χ1n) is 8.45. The molecule has 1 aliphatic heterocycles. The van der Waals surface area contributed by atoms with Crippen LogP contribution >= 0.6 is 23.2 Å². The van der Waals surface area contributed by atoms with Gasteiger partial charge in [0, 0.05) is 23.1 Å². The van der Waals surface area contributed by atoms with Gasteiger partial charge in [-0.3, -0.25) is 0 Å². The monoisotopic (exact) mass is 429 g/mol. The van der Waals surface area contributed by atoms with Crippen LogP contribution in [0, 0.1) is 13.8 Å². The van der Waals surface area contributed by atoms with Crippen molar-refractivity contribution in [3.8, 4) is 5.75 Å². The van der Waals surface area contributed by atoms with Crippen molar-refractivity contribution >= 4 is 33.2 Å². The molecule has 2 aromatic carbocycles. The van der Waals surface area contributed by atoms with Gasteiger partial charge in [-0.15, -0.1) is 0 Å². The Morgan fingerprint density at radius 3 is 2.33 bits per heavy atom. The van der Waals surface area contributed by atoms with Crippen molar-refractivity contribution in [1.82, 2.24) is 4.31 Å². The van der Waals surface area contributed by atoms with E-state index in [4.69, 9.17) is 32.7 Å². The highest BCUT2D eigenvalue weighted by molar-refractivity contribution is 7.89. The molecule has 0 saturated carbocycles. The molecule has 0 radical (unpaired) electrons. The highest BCUT2D eigenvalue weighted by atomic mass is 35.5. The van der Waals surface area contributed by atoms with Gasteiger partial charge in [-0.05, 0) is 60.9 Å². The number of morpholine rings is 1. The summed E-state index contributed by atoms with van der Waals surface area (Å²) in [5.74, 6) is 0.340. The lowest BCUT2D eigenvalue weighted by Crippen LogP contribution is -2.42. The molecule has 0 bridgehead atoms. The van der Waals surface area contributed by atoms with Crippen LogP contribution in [0.1, 0.15) is 22.8 Å². The third kappa shape index (κ3) is 4.25. The molecule has 0 N–H and O–H groups in total. The van der Waals surface area contributed by atoms with E-state index in [1.165, 1.54) is 11.4 Å². The second-order valence-electron chi connectivity index (χ2n) is 6.51. The maximum atomic E-state index is 13.3. The fourth-order valence-corrected chi connectivity index (χ4v) is 5.26. The van der Waals surface area contributed by atoms with Crippen molar-refractivity contribution in [3.63, 3.8) is 0 Å². The van der Waals surface area contributed by atoms with Crippen LogP contribution in [0.15, 0.2) is 35.2 Å². The number of benzene rings is 2. The molecule has 146 valence electrons. The molecular weight excluding hydrogens is 409 g/mol. The summed E-state index contributed by atoms with van der Waals surface area (Å²) in [6, 6.07) is 8.51. The molecule has 1 fully saturated rings. The molecule has 5 nitrogen and oxygen atoms in total. The molecule has 0 spiro atoms. The van der Waals surface area contributed by atoms with Gasteiger partial charge in [0.25, 0.3) is 0 Å². The van der Waals surface area contributed by atoms with Gasteiger partial charge in [-0.2, -0.15) is 4.31 Å². The van der Waals surface area contributed by atoms with E-state index < -0.39 is 16.1 Å². The van der Waals surface area contributed by atoms with Crippen LogP contribution in [0.4, 0.5) is 0 Å². The van der Waals surface area contributed by atoms with E-state index in [0.717, 1.165) is 16.7 Å². The number of ether oxygens (including phenoxy) is 2. The van der Waals surface area contributed by atoms with Crippen LogP contribution in [-0.2, 0) is 14.8 Å². The smallest absolute Gasteiger partial charge is 0.246 e. The van der Waals surface area contributed by atoms with E-state index >= 15 is 0 Å². The average Bonchev–Trinajstić information content (AvgIpc) is 2.62. The first-order valence-corrected chi connectivity index (χ1v) is 10.6. The Morgan fingerprint density at radius 2 is 1.70 bits per heavy atom. The maximum absolute atomic E-state index is 13.3. The molecular formula is C19H21Cl2NO4S. The van der Waals surface area contributed by atoms with Gasteiger partial charge < -0.3 is 9.47 Å². The van der Waals surface area contributed by atoms with Gasteiger partial charge in [-0.25, -0.2) is 8.42 Å². The summed E-state index contributed by atoms with van der Waals surface area (Å²) in [7, 11) is -2.27. The van der Waals surface area contributed by atoms with Crippen LogP contribution in [0.2, 0.25) is 10.0 Å². The quantitative estimate of drug-likeness (QED) is 0.723. The molecule has 3 rings (SSSR count). The Labute approximate surface area is 169 Å². The molecule has 1 saturated heterocycles. The minimum atomic E-state index is -3.74. The van der Waals surface area contributed by atoms with Crippen LogP contribution in [0.5, 0.6) is 5.75 Å². The standard InChI is InChI=1S/C19H21Cl2NO4S/c1-12-6-17(25-3)19(7-13(12)2)27(23,24)22-4-5-26-18(11-22)14-8-15(20)10-16(21)9-14/h6-10,18H,4-5,11H2,1-3H3/t18-/m0/s1. The first-order chi connectivity index (χ1) is 12.7. The Morgan fingerprint density at radius 1 is 1.07 bits per heavy atom. The number of rotatable bonds is 4. The van der Waals surface area contributed by atoms with Gasteiger partial charge in [-0.1, -0.05) is 23.2 Å². The summed E-state index contributed by atoms with van der Waals surface area (Å²) in [4.78, 5) is 0.165. The number of hydrogen-bond donors (Lipinski definition) is 0. The minimum Gasteiger partial charge on any atom is -0.495 e. The number of aryl methyl sites for hydroxylation is 2. The van der Waals surface area contributed by atoms with Gasteiger partial charge in [0.15, 0.2) is 0 Å². The van der Waals surface area contributed by atoms with Crippen molar-refractivity contribution in [1.29, 1.82) is 0 Å². The Bertz CT molecular complexity index is 942. The van der Waals surface area contributed by atoms with Crippen molar-refractivity contribution in [3.05, 3.63) is 57.1 Å². The molecule has 2 aromatic rings. The average molecular weight is 430 g/mol. The maximum Gasteiger partial charge on any atom is 0.246 e. The van der Waals surface area contributed by atoms with E-state index in [-0.39, 0.29) is 24.6 Å². The van der Waals surface area contributed by atoms with Gasteiger partial charge in [0.2, 0.25) is 10.0 Å². The fraction of sp³-hybridized carbons (Fsp3) is 0.368. The van der Waals surface area contributed by atoms with Crippen molar-refractivity contribution in [2.75, 3.05) is 26.8 Å². The molecule has 0 amide bonds. The summed E-state index contributed by atoms with van der Waals surface area (Å²) < 4.78 is 39.1. The van der Waals surface area contributed by atoms with Crippen molar-refractivity contribution in [2.24, 2.45) is 0 Å². The van der Waals surface area contributed by atoms with Crippen LogP contribution in [0.3, 0.4) is 0 Å². The van der Waals surface area contributed by atoms with E-state index in [2.05, 4.69) is 0 Å². The lowest BCUT2D eigenvalue weighted by atomic mass is 10.1. The molecule has 1 atom stereocenters. The third-order valence-corrected chi connectivity index (χ3v) is 7.01. The number of halogens is 2. The van der Waals surface area contributed by atoms with Crippen LogP contribution in [0.25, 0.3) is 0 Å². The van der Waals surface area contributed by atoms with Crippen molar-refractivity contribution < 1.29 is 17.9 Å². The molecule has 0 unspecified atom stereocenters. The second-order valence-corrected chi connectivity index (χ2v) is 9.29. The summed E-state index contributed by atoms with van der Waals surface area (Å²) in [5, 5.41) is 0.966. The zero-order valence-corrected chi connectivity index (χ0v) is 17.7. The Balaban J connectivity index is 1.94. The predicted octanol–water partition coefficient (Wildman–Crippen LogP) is 4.38. The highest BCUT2D eigenvalue weighted by Crippen LogP contribution is 2.33. The van der Waals surface area contributed by atoms with E-state index in [9.17, 15) is 8.42 Å². The Kier molecular flexibility index (Phi) is 6.03. The number of methoxy groups -OCH3 is 1. The minimum absolute atomic E-state index is 0.165. The van der Waals surface area contributed by atoms with Gasteiger partial charge in [0.05, 0.1) is 19.8 Å². The normalized spacial score (nSPS) is 18.5. The Hall–Kier alpha value is -1.31. The van der Waals surface area contributed by atoms with E-state index in [1.54, 1.807) is 30.3 Å². The molecule has 0 aromatic heterocycles. The SMILES string of the molecule is COc1cc(C)c(C)cc1S(=O)(=O)N1CCO[C@H](c2cc(Cl)cc(Cl)c2)C1. The molecule has 1 heterocycles. The number of hydrogen-bond acceptors (Lipinski definition) is 4. The highest BCUT2D eigenvalue weighted by Gasteiger charge is 2.34. The van der Waals surface area contributed by atoms with Gasteiger partial charge >= 0.3 is 0 Å². The lowest BCUT2D eigenvalue weighted by molar-refractivity contribution is -0.00258. The first kappa shape index (κ1) is 20.4. The van der Waals surface area contributed by atoms with Crippen molar-refractivity contribution in [2.45, 2.75) is 24.8 Å².